The Morgan fingerprint density at radius 1 is 1.31 bits per heavy atom. The third kappa shape index (κ3) is 7.12. The molecule has 1 aliphatic rings. The number of piperidine rings is 1. The molecule has 160 valence electrons. The van der Waals surface area contributed by atoms with E-state index in [1.807, 2.05) is 0 Å². The van der Waals surface area contributed by atoms with E-state index in [1.54, 1.807) is 11.0 Å². The Morgan fingerprint density at radius 2 is 2.03 bits per heavy atom. The number of thioether (sulfide) groups is 1. The monoisotopic (exact) mass is 427 g/mol. The van der Waals surface area contributed by atoms with E-state index in [-0.39, 0.29) is 23.3 Å². The number of carbonyl (C=O) groups is 2. The zero-order valence-electron chi connectivity index (χ0n) is 16.2. The van der Waals surface area contributed by atoms with Crippen molar-refractivity contribution < 1.29 is 28.6 Å². The van der Waals surface area contributed by atoms with Crippen LogP contribution in [-0.4, -0.2) is 57.2 Å². The molecule has 1 aromatic carbocycles. The van der Waals surface area contributed by atoms with Gasteiger partial charge < -0.3 is 15.1 Å². The molecular formula is C21H27F2NO4S. The van der Waals surface area contributed by atoms with Gasteiger partial charge in [0, 0.05) is 18.5 Å². The summed E-state index contributed by atoms with van der Waals surface area (Å²) in [6.07, 6.45) is 3.89. The van der Waals surface area contributed by atoms with Crippen LogP contribution in [0, 0.1) is 0 Å². The first-order valence-electron chi connectivity index (χ1n) is 9.71. The van der Waals surface area contributed by atoms with Crippen molar-refractivity contribution >= 4 is 23.6 Å². The van der Waals surface area contributed by atoms with Gasteiger partial charge in [0.25, 0.3) is 0 Å². The van der Waals surface area contributed by atoms with Crippen LogP contribution in [0.3, 0.4) is 0 Å². The summed E-state index contributed by atoms with van der Waals surface area (Å²) in [7, 11) is 0. The van der Waals surface area contributed by atoms with Crippen LogP contribution in [0.2, 0.25) is 0 Å². The molecule has 1 aliphatic heterocycles. The summed E-state index contributed by atoms with van der Waals surface area (Å²) in [5.41, 5.74) is -0.257. The zero-order chi connectivity index (χ0) is 21.3. The number of nitrogens with zero attached hydrogens (tertiary/aromatic N) is 1. The molecule has 0 saturated carbocycles. The first kappa shape index (κ1) is 23.3. The number of benzene rings is 1. The quantitative estimate of drug-likeness (QED) is 0.416. The molecule has 5 nitrogen and oxygen atoms in total. The molecule has 0 aliphatic carbocycles. The number of rotatable bonds is 11. The summed E-state index contributed by atoms with van der Waals surface area (Å²) in [5, 5.41) is 18.7. The summed E-state index contributed by atoms with van der Waals surface area (Å²) < 4.78 is 28.9. The number of hydrogen-bond acceptors (Lipinski definition) is 4. The molecule has 1 heterocycles. The van der Waals surface area contributed by atoms with Gasteiger partial charge in [0.1, 0.15) is 6.10 Å². The summed E-state index contributed by atoms with van der Waals surface area (Å²) in [6, 6.07) is 6.86. The number of aliphatic carboxylic acids is 1. The predicted octanol–water partition coefficient (Wildman–Crippen LogP) is 3.67. The Balaban J connectivity index is 1.92. The summed E-state index contributed by atoms with van der Waals surface area (Å²) in [5.74, 6) is -3.54. The molecule has 2 N–H and O–H groups in total. The Kier molecular flexibility index (Phi) is 9.10. The number of likely N-dealkylation sites (tertiary alicyclic amines) is 1. The zero-order valence-corrected chi connectivity index (χ0v) is 17.0. The van der Waals surface area contributed by atoms with Crippen LogP contribution >= 0.6 is 11.8 Å². The number of halogens is 2. The van der Waals surface area contributed by atoms with Gasteiger partial charge in [-0.3, -0.25) is 9.59 Å². The van der Waals surface area contributed by atoms with Gasteiger partial charge in [-0.25, -0.2) is 0 Å². The van der Waals surface area contributed by atoms with E-state index in [9.17, 15) is 23.5 Å². The van der Waals surface area contributed by atoms with Crippen LogP contribution < -0.4 is 0 Å². The lowest BCUT2D eigenvalue weighted by atomic mass is 9.98. The number of carbonyl (C=O) groups excluding carboxylic acids is 1. The second kappa shape index (κ2) is 11.3. The maximum absolute atomic E-state index is 14.4. The van der Waals surface area contributed by atoms with Gasteiger partial charge in [0.15, 0.2) is 0 Å². The number of aliphatic hydroxyl groups excluding tert-OH is 1. The normalized spacial score (nSPS) is 18.9. The van der Waals surface area contributed by atoms with Crippen molar-refractivity contribution in [3.63, 3.8) is 0 Å². The van der Waals surface area contributed by atoms with E-state index in [0.717, 1.165) is 12.5 Å². The van der Waals surface area contributed by atoms with Crippen molar-refractivity contribution in [2.24, 2.45) is 0 Å². The van der Waals surface area contributed by atoms with Crippen LogP contribution in [0.25, 0.3) is 0 Å². The van der Waals surface area contributed by atoms with Gasteiger partial charge in [0.05, 0.1) is 11.8 Å². The van der Waals surface area contributed by atoms with Crippen LogP contribution in [0.5, 0.6) is 0 Å². The Hall–Kier alpha value is -1.93. The first-order chi connectivity index (χ1) is 13.8. The third-order valence-electron chi connectivity index (χ3n) is 4.82. The van der Waals surface area contributed by atoms with Gasteiger partial charge >= 0.3 is 11.9 Å². The van der Waals surface area contributed by atoms with Crippen molar-refractivity contribution in [2.75, 3.05) is 18.1 Å². The highest BCUT2D eigenvalue weighted by Gasteiger charge is 2.39. The van der Waals surface area contributed by atoms with Gasteiger partial charge in [-0.1, -0.05) is 42.5 Å². The molecular weight excluding hydrogens is 400 g/mol. The number of aliphatic hydroxyl groups is 1. The molecule has 0 aromatic heterocycles. The fourth-order valence-electron chi connectivity index (χ4n) is 3.27. The molecule has 0 unspecified atom stereocenters. The predicted molar refractivity (Wildman–Crippen MR) is 109 cm³/mol. The van der Waals surface area contributed by atoms with Crippen molar-refractivity contribution in [3.05, 3.63) is 48.0 Å². The van der Waals surface area contributed by atoms with Crippen molar-refractivity contribution in [3.8, 4) is 0 Å². The molecule has 29 heavy (non-hydrogen) atoms. The number of amides is 1. The fraction of sp³-hybridized carbons (Fsp3) is 0.524. The highest BCUT2D eigenvalue weighted by Crippen LogP contribution is 2.32. The lowest BCUT2D eigenvalue weighted by molar-refractivity contribution is -0.135. The van der Waals surface area contributed by atoms with Crippen LogP contribution in [-0.2, 0) is 15.5 Å². The molecule has 0 spiro atoms. The summed E-state index contributed by atoms with van der Waals surface area (Å²) in [4.78, 5) is 24.4. The van der Waals surface area contributed by atoms with E-state index in [1.165, 1.54) is 42.1 Å². The maximum Gasteiger partial charge on any atom is 0.313 e. The molecule has 2 rings (SSSR count). The average molecular weight is 428 g/mol. The van der Waals surface area contributed by atoms with E-state index in [2.05, 4.69) is 0 Å². The van der Waals surface area contributed by atoms with Crippen molar-refractivity contribution in [1.29, 1.82) is 0 Å². The smallest absolute Gasteiger partial charge is 0.313 e. The van der Waals surface area contributed by atoms with Gasteiger partial charge in [-0.2, -0.15) is 20.5 Å². The van der Waals surface area contributed by atoms with Crippen molar-refractivity contribution in [2.45, 2.75) is 50.2 Å². The standard InChI is InChI=1S/C21H27F2NO4S/c22-21(23,16-7-2-1-3-8-16)18(25)12-11-17-9-6-10-19(26)24(17)13-4-5-14-29-15-20(27)28/h1-3,7-8,11-12,17-18,25H,4-6,9-10,13-15H2,(H,27,28)/t17-,18-/m1/s1. The number of unbranched alkanes of at least 4 members (excludes halogenated alkanes) is 1. The minimum atomic E-state index is -3.41. The maximum atomic E-state index is 14.4. The summed E-state index contributed by atoms with van der Waals surface area (Å²) in [6.45, 7) is 0.493. The van der Waals surface area contributed by atoms with E-state index >= 15 is 0 Å². The number of alkyl halides is 2. The van der Waals surface area contributed by atoms with Crippen LogP contribution in [0.15, 0.2) is 42.5 Å². The fourth-order valence-corrected chi connectivity index (χ4v) is 4.00. The molecule has 0 bridgehead atoms. The highest BCUT2D eigenvalue weighted by molar-refractivity contribution is 7.99. The van der Waals surface area contributed by atoms with Gasteiger partial charge in [-0.05, 0) is 31.4 Å². The van der Waals surface area contributed by atoms with Crippen LogP contribution in [0.4, 0.5) is 8.78 Å². The first-order valence-corrected chi connectivity index (χ1v) is 10.9. The highest BCUT2D eigenvalue weighted by atomic mass is 32.2. The molecule has 1 saturated heterocycles. The van der Waals surface area contributed by atoms with E-state index in [0.29, 0.717) is 38.0 Å². The van der Waals surface area contributed by atoms with Gasteiger partial charge in [0.2, 0.25) is 5.91 Å². The molecule has 0 radical (unpaired) electrons. The summed E-state index contributed by atoms with van der Waals surface area (Å²) >= 11 is 1.33. The van der Waals surface area contributed by atoms with E-state index in [4.69, 9.17) is 5.11 Å². The lowest BCUT2D eigenvalue weighted by Gasteiger charge is -2.34. The Morgan fingerprint density at radius 3 is 2.72 bits per heavy atom. The Bertz CT molecular complexity index is 699. The minimum Gasteiger partial charge on any atom is -0.481 e. The number of carboxylic acid groups (broad SMARTS) is 1. The topological polar surface area (TPSA) is 77.8 Å². The average Bonchev–Trinajstić information content (AvgIpc) is 2.70. The second-order valence-electron chi connectivity index (χ2n) is 7.02. The number of hydrogen-bond donors (Lipinski definition) is 2. The second-order valence-corrected chi connectivity index (χ2v) is 8.12. The SMILES string of the molecule is O=C(O)CSCCCCN1C(=O)CCC[C@@H]1C=C[C@@H](O)C(F)(F)c1ccccc1. The minimum absolute atomic E-state index is 0.0200. The largest absolute Gasteiger partial charge is 0.481 e. The van der Waals surface area contributed by atoms with E-state index < -0.39 is 18.0 Å². The lowest BCUT2D eigenvalue weighted by Crippen LogP contribution is -2.43. The number of carboxylic acids is 1. The molecule has 8 heteroatoms. The molecule has 1 aromatic rings. The third-order valence-corrected chi connectivity index (χ3v) is 5.85. The van der Waals surface area contributed by atoms with Crippen molar-refractivity contribution in [1.82, 2.24) is 4.90 Å². The Labute approximate surface area is 173 Å². The van der Waals surface area contributed by atoms with Crippen LogP contribution in [0.1, 0.15) is 37.7 Å². The molecule has 2 atom stereocenters. The van der Waals surface area contributed by atoms with Gasteiger partial charge in [-0.15, -0.1) is 0 Å². The molecule has 1 amide bonds. The molecule has 1 fully saturated rings.